The first kappa shape index (κ1) is 26.9. The van der Waals surface area contributed by atoms with Crippen LogP contribution in [0.2, 0.25) is 0 Å². The zero-order chi connectivity index (χ0) is 27.5. The first-order valence-corrected chi connectivity index (χ1v) is 14.3. The molecule has 0 N–H and O–H groups in total. The number of thioether (sulfide) groups is 1. The summed E-state index contributed by atoms with van der Waals surface area (Å²) in [7, 11) is 1.71. The molecule has 2 aliphatic rings. The Bertz CT molecular complexity index is 1530. The number of hydrogen-bond donors (Lipinski definition) is 0. The van der Waals surface area contributed by atoms with Crippen LogP contribution in [-0.2, 0) is 24.8 Å². The molecule has 3 heterocycles. The third-order valence-electron chi connectivity index (χ3n) is 7.58. The molecule has 0 atom stereocenters. The molecule has 2 aliphatic heterocycles. The molecule has 0 aliphatic carbocycles. The molecule has 2 saturated heterocycles. The molecule has 1 aromatic heterocycles. The SMILES string of the molecule is Cc1c(/C=C2\SC(=S)N(Cc3ccccc3)C2=O)c(N2CCC(Cc3ccccc3)CC2)n(C)c(=O)c1C#N. The molecule has 0 unspecified atom stereocenters. The van der Waals surface area contributed by atoms with Crippen LogP contribution in [0.25, 0.3) is 6.08 Å². The summed E-state index contributed by atoms with van der Waals surface area (Å²) in [5.41, 5.74) is 3.46. The standard InChI is InChI=1S/C31H30N4O2S2/c1-21-25(18-27-30(37)35(31(38)39-27)20-24-11-7-4-8-12-24)28(33(2)29(36)26(21)19-32)34-15-13-23(14-16-34)17-22-9-5-3-6-10-22/h3-12,18,23H,13-17,20H2,1-2H3/b27-18-. The van der Waals surface area contributed by atoms with Gasteiger partial charge in [-0.2, -0.15) is 5.26 Å². The van der Waals surface area contributed by atoms with Crippen LogP contribution in [0.15, 0.2) is 70.4 Å². The number of aromatic nitrogens is 1. The zero-order valence-corrected chi connectivity index (χ0v) is 23.7. The van der Waals surface area contributed by atoms with Crippen molar-refractivity contribution in [1.29, 1.82) is 5.26 Å². The second-order valence-corrected chi connectivity index (χ2v) is 11.8. The van der Waals surface area contributed by atoms with Gasteiger partial charge >= 0.3 is 0 Å². The minimum absolute atomic E-state index is 0.103. The summed E-state index contributed by atoms with van der Waals surface area (Å²) in [6, 6.07) is 22.4. The number of rotatable bonds is 6. The number of pyridine rings is 1. The molecule has 8 heteroatoms. The van der Waals surface area contributed by atoms with Crippen LogP contribution < -0.4 is 10.5 Å². The lowest BCUT2D eigenvalue weighted by atomic mass is 9.90. The number of nitriles is 1. The van der Waals surface area contributed by atoms with E-state index in [0.717, 1.165) is 49.3 Å². The van der Waals surface area contributed by atoms with E-state index in [9.17, 15) is 14.9 Å². The average molecular weight is 555 g/mol. The summed E-state index contributed by atoms with van der Waals surface area (Å²) in [6.45, 7) is 3.79. The molecule has 2 aromatic carbocycles. The van der Waals surface area contributed by atoms with E-state index in [4.69, 9.17) is 12.2 Å². The highest BCUT2D eigenvalue weighted by atomic mass is 32.2. The number of thiocarbonyl (C=S) groups is 1. The van der Waals surface area contributed by atoms with Crippen molar-refractivity contribution in [2.45, 2.75) is 32.7 Å². The molecule has 39 heavy (non-hydrogen) atoms. The van der Waals surface area contributed by atoms with Gasteiger partial charge in [-0.25, -0.2) is 0 Å². The molecule has 0 saturated carbocycles. The Labute approximate surface area is 238 Å². The van der Waals surface area contributed by atoms with Crippen molar-refractivity contribution < 1.29 is 4.79 Å². The predicted octanol–water partition coefficient (Wildman–Crippen LogP) is 5.43. The van der Waals surface area contributed by atoms with E-state index < -0.39 is 0 Å². The fourth-order valence-electron chi connectivity index (χ4n) is 5.42. The van der Waals surface area contributed by atoms with E-state index in [1.165, 1.54) is 17.3 Å². The van der Waals surface area contributed by atoms with Crippen molar-refractivity contribution in [1.82, 2.24) is 9.47 Å². The molecule has 1 amide bonds. The van der Waals surface area contributed by atoms with Crippen LogP contribution in [-0.4, -0.2) is 32.8 Å². The van der Waals surface area contributed by atoms with Gasteiger partial charge in [-0.3, -0.25) is 19.1 Å². The number of nitrogens with zero attached hydrogens (tertiary/aromatic N) is 4. The van der Waals surface area contributed by atoms with Crippen molar-refractivity contribution in [3.8, 4) is 6.07 Å². The van der Waals surface area contributed by atoms with Crippen LogP contribution >= 0.6 is 24.0 Å². The Kier molecular flexibility index (Phi) is 8.01. The molecule has 0 spiro atoms. The first-order chi connectivity index (χ1) is 18.9. The Hall–Kier alpha value is -3.67. The lowest BCUT2D eigenvalue weighted by Crippen LogP contribution is -2.39. The third kappa shape index (κ3) is 5.56. The van der Waals surface area contributed by atoms with Crippen molar-refractivity contribution in [2.75, 3.05) is 18.0 Å². The molecule has 198 valence electrons. The number of hydrogen-bond acceptors (Lipinski definition) is 6. The highest BCUT2D eigenvalue weighted by Crippen LogP contribution is 2.37. The number of anilines is 1. The van der Waals surface area contributed by atoms with Crippen LogP contribution in [0.1, 0.15) is 40.7 Å². The largest absolute Gasteiger partial charge is 0.357 e. The Morgan fingerprint density at radius 3 is 2.26 bits per heavy atom. The van der Waals surface area contributed by atoms with Gasteiger partial charge in [0, 0.05) is 25.7 Å². The number of carbonyl (C=O) groups excluding carboxylic acids is 1. The second kappa shape index (κ2) is 11.6. The second-order valence-electron chi connectivity index (χ2n) is 10.1. The summed E-state index contributed by atoms with van der Waals surface area (Å²) >= 11 is 6.84. The topological polar surface area (TPSA) is 69.3 Å². The Morgan fingerprint density at radius 1 is 1.03 bits per heavy atom. The Balaban J connectivity index is 1.45. The van der Waals surface area contributed by atoms with Gasteiger partial charge in [0.05, 0.1) is 11.4 Å². The summed E-state index contributed by atoms with van der Waals surface area (Å²) in [4.78, 5) is 30.9. The predicted molar refractivity (Wildman–Crippen MR) is 161 cm³/mol. The fourth-order valence-corrected chi connectivity index (χ4v) is 6.66. The minimum atomic E-state index is -0.315. The van der Waals surface area contributed by atoms with E-state index >= 15 is 0 Å². The van der Waals surface area contributed by atoms with Gasteiger partial charge in [0.1, 0.15) is 21.8 Å². The van der Waals surface area contributed by atoms with Crippen molar-refractivity contribution in [3.05, 3.63) is 104 Å². The maximum Gasteiger partial charge on any atom is 0.270 e. The average Bonchev–Trinajstić information content (AvgIpc) is 3.21. The Morgan fingerprint density at radius 2 is 1.64 bits per heavy atom. The molecule has 0 radical (unpaired) electrons. The van der Waals surface area contributed by atoms with Crippen LogP contribution in [0.4, 0.5) is 5.82 Å². The van der Waals surface area contributed by atoms with Gasteiger partial charge in [-0.05, 0) is 54.9 Å². The number of carbonyl (C=O) groups is 1. The van der Waals surface area contributed by atoms with Gasteiger partial charge in [-0.15, -0.1) is 0 Å². The van der Waals surface area contributed by atoms with Crippen LogP contribution in [0.5, 0.6) is 0 Å². The number of benzene rings is 2. The molecular formula is C31H30N4O2S2. The highest BCUT2D eigenvalue weighted by Gasteiger charge is 2.33. The highest BCUT2D eigenvalue weighted by molar-refractivity contribution is 8.26. The van der Waals surface area contributed by atoms with Crippen molar-refractivity contribution in [2.24, 2.45) is 13.0 Å². The maximum atomic E-state index is 13.4. The van der Waals surface area contributed by atoms with Crippen molar-refractivity contribution >= 4 is 46.1 Å². The normalized spacial score (nSPS) is 17.2. The minimum Gasteiger partial charge on any atom is -0.357 e. The van der Waals surface area contributed by atoms with E-state index in [-0.39, 0.29) is 17.0 Å². The fraction of sp³-hybridized carbons (Fsp3) is 0.290. The van der Waals surface area contributed by atoms with Gasteiger partial charge in [0.2, 0.25) is 0 Å². The van der Waals surface area contributed by atoms with E-state index in [1.54, 1.807) is 23.4 Å². The molecule has 6 nitrogen and oxygen atoms in total. The molecular weight excluding hydrogens is 525 g/mol. The molecule has 0 bridgehead atoms. The lowest BCUT2D eigenvalue weighted by Gasteiger charge is -2.36. The van der Waals surface area contributed by atoms with Gasteiger partial charge in [-0.1, -0.05) is 84.6 Å². The lowest BCUT2D eigenvalue weighted by molar-refractivity contribution is -0.122. The summed E-state index contributed by atoms with van der Waals surface area (Å²) in [5.74, 6) is 1.16. The summed E-state index contributed by atoms with van der Waals surface area (Å²) in [5, 5.41) is 9.79. The first-order valence-electron chi connectivity index (χ1n) is 13.1. The van der Waals surface area contributed by atoms with E-state index in [1.807, 2.05) is 42.5 Å². The smallest absolute Gasteiger partial charge is 0.270 e. The maximum absolute atomic E-state index is 13.4. The van der Waals surface area contributed by atoms with Gasteiger partial charge in [0.15, 0.2) is 0 Å². The number of amides is 1. The number of piperidine rings is 1. The summed E-state index contributed by atoms with van der Waals surface area (Å²) < 4.78 is 2.07. The third-order valence-corrected chi connectivity index (χ3v) is 8.96. The van der Waals surface area contributed by atoms with E-state index in [2.05, 4.69) is 35.2 Å². The molecule has 3 aromatic rings. The van der Waals surface area contributed by atoms with Crippen molar-refractivity contribution in [3.63, 3.8) is 0 Å². The molecule has 2 fully saturated rings. The van der Waals surface area contributed by atoms with Crippen LogP contribution in [0, 0.1) is 24.2 Å². The van der Waals surface area contributed by atoms with Crippen LogP contribution in [0.3, 0.4) is 0 Å². The zero-order valence-electron chi connectivity index (χ0n) is 22.1. The quantitative estimate of drug-likeness (QED) is 0.299. The molecule has 5 rings (SSSR count). The van der Waals surface area contributed by atoms with Gasteiger partial charge in [0.25, 0.3) is 11.5 Å². The van der Waals surface area contributed by atoms with Gasteiger partial charge < -0.3 is 4.90 Å². The summed E-state index contributed by atoms with van der Waals surface area (Å²) in [6.07, 6.45) is 4.86. The van der Waals surface area contributed by atoms with E-state index in [0.29, 0.717) is 27.3 Å². The monoisotopic (exact) mass is 554 g/mol.